The molecule has 0 heterocycles. The Kier molecular flexibility index (Phi) is 8.01. The Morgan fingerprint density at radius 1 is 1.24 bits per heavy atom. The van der Waals surface area contributed by atoms with E-state index in [4.69, 9.17) is 5.73 Å². The maximum absolute atomic E-state index is 11.6. The van der Waals surface area contributed by atoms with Crippen molar-refractivity contribution in [3.63, 3.8) is 0 Å². The van der Waals surface area contributed by atoms with Crippen molar-refractivity contribution in [3.8, 4) is 0 Å². The molecule has 0 saturated heterocycles. The summed E-state index contributed by atoms with van der Waals surface area (Å²) < 4.78 is 0. The lowest BCUT2D eigenvalue weighted by atomic mass is 9.99. The second-order valence-electron chi connectivity index (χ2n) is 4.28. The smallest absolute Gasteiger partial charge is 0.229 e. The number of primary amides is 1. The predicted molar refractivity (Wildman–Crippen MR) is 65.1 cm³/mol. The molecule has 0 aromatic carbocycles. The van der Waals surface area contributed by atoms with Gasteiger partial charge in [-0.05, 0) is 6.42 Å². The molecule has 1 atom stereocenters. The summed E-state index contributed by atoms with van der Waals surface area (Å²) in [4.78, 5) is 33.1. The highest BCUT2D eigenvalue weighted by molar-refractivity contribution is 5.97. The fourth-order valence-electron chi connectivity index (χ4n) is 1.44. The van der Waals surface area contributed by atoms with E-state index in [1.54, 1.807) is 0 Å². The van der Waals surface area contributed by atoms with Crippen LogP contribution in [0.3, 0.4) is 0 Å². The Hall–Kier alpha value is -1.39. The first kappa shape index (κ1) is 15.6. The van der Waals surface area contributed by atoms with Gasteiger partial charge in [0, 0.05) is 5.92 Å². The molecule has 5 heteroatoms. The van der Waals surface area contributed by atoms with E-state index in [1.165, 1.54) is 0 Å². The van der Waals surface area contributed by atoms with E-state index < -0.39 is 11.8 Å². The quantitative estimate of drug-likeness (QED) is 0.462. The standard InChI is InChI=1S/C12H22N2O3/c1-3-4-5-6-9(2)10(15)8-14-12(17)7-11(13)16/h9H,3-8H2,1-2H3,(H2,13,16)(H,14,17)/t9-/m0/s1. The second kappa shape index (κ2) is 8.73. The maximum Gasteiger partial charge on any atom is 0.229 e. The Morgan fingerprint density at radius 2 is 1.88 bits per heavy atom. The minimum atomic E-state index is -0.689. The van der Waals surface area contributed by atoms with Crippen LogP contribution in [-0.2, 0) is 14.4 Å². The second-order valence-corrected chi connectivity index (χ2v) is 4.28. The average molecular weight is 242 g/mol. The summed E-state index contributed by atoms with van der Waals surface area (Å²) in [6.07, 6.45) is 3.75. The summed E-state index contributed by atoms with van der Waals surface area (Å²) in [6.45, 7) is 3.95. The van der Waals surface area contributed by atoms with Crippen LogP contribution in [-0.4, -0.2) is 24.1 Å². The van der Waals surface area contributed by atoms with E-state index >= 15 is 0 Å². The van der Waals surface area contributed by atoms with Gasteiger partial charge in [0.2, 0.25) is 11.8 Å². The maximum atomic E-state index is 11.6. The minimum Gasteiger partial charge on any atom is -0.369 e. The molecule has 0 rings (SSSR count). The summed E-state index contributed by atoms with van der Waals surface area (Å²) in [5.41, 5.74) is 4.86. The third-order valence-corrected chi connectivity index (χ3v) is 2.58. The molecule has 2 amide bonds. The van der Waals surface area contributed by atoms with Crippen LogP contribution >= 0.6 is 0 Å². The monoisotopic (exact) mass is 242 g/mol. The van der Waals surface area contributed by atoms with Gasteiger partial charge in [-0.15, -0.1) is 0 Å². The van der Waals surface area contributed by atoms with E-state index in [1.807, 2.05) is 6.92 Å². The van der Waals surface area contributed by atoms with E-state index in [9.17, 15) is 14.4 Å². The highest BCUT2D eigenvalue weighted by Crippen LogP contribution is 2.09. The van der Waals surface area contributed by atoms with Crippen molar-refractivity contribution in [1.29, 1.82) is 0 Å². The number of carbonyl (C=O) groups excluding carboxylic acids is 3. The van der Waals surface area contributed by atoms with Crippen LogP contribution in [0.5, 0.6) is 0 Å². The minimum absolute atomic E-state index is 0.000997. The highest BCUT2D eigenvalue weighted by atomic mass is 16.2. The van der Waals surface area contributed by atoms with E-state index in [0.29, 0.717) is 0 Å². The fraction of sp³-hybridized carbons (Fsp3) is 0.750. The largest absolute Gasteiger partial charge is 0.369 e. The first-order valence-electron chi connectivity index (χ1n) is 6.05. The summed E-state index contributed by atoms with van der Waals surface area (Å²) in [7, 11) is 0. The number of nitrogens with two attached hydrogens (primary N) is 1. The SMILES string of the molecule is CCCCC[C@H](C)C(=O)CNC(=O)CC(N)=O. The number of amides is 2. The van der Waals surface area contributed by atoms with Gasteiger partial charge in [-0.1, -0.05) is 33.1 Å². The molecule has 0 spiro atoms. The van der Waals surface area contributed by atoms with Crippen molar-refractivity contribution in [1.82, 2.24) is 5.32 Å². The predicted octanol–water partition coefficient (Wildman–Crippen LogP) is 0.764. The number of hydrogen-bond acceptors (Lipinski definition) is 3. The molecule has 0 bridgehead atoms. The van der Waals surface area contributed by atoms with Crippen molar-refractivity contribution in [3.05, 3.63) is 0 Å². The molecule has 5 nitrogen and oxygen atoms in total. The van der Waals surface area contributed by atoms with E-state index in [0.717, 1.165) is 25.7 Å². The van der Waals surface area contributed by atoms with Crippen LogP contribution in [0.25, 0.3) is 0 Å². The molecule has 0 aliphatic carbocycles. The van der Waals surface area contributed by atoms with Crippen LogP contribution in [0.1, 0.15) is 46.0 Å². The third-order valence-electron chi connectivity index (χ3n) is 2.58. The molecule has 98 valence electrons. The number of unbranched alkanes of at least 4 members (excludes halogenated alkanes) is 2. The van der Waals surface area contributed by atoms with Crippen LogP contribution in [0, 0.1) is 5.92 Å². The van der Waals surface area contributed by atoms with Crippen molar-refractivity contribution < 1.29 is 14.4 Å². The topological polar surface area (TPSA) is 89.3 Å². The molecule has 0 unspecified atom stereocenters. The van der Waals surface area contributed by atoms with Gasteiger partial charge in [-0.3, -0.25) is 14.4 Å². The molecule has 0 saturated carbocycles. The van der Waals surface area contributed by atoms with Crippen LogP contribution < -0.4 is 11.1 Å². The molecular weight excluding hydrogens is 220 g/mol. The average Bonchev–Trinajstić information content (AvgIpc) is 2.25. The zero-order chi connectivity index (χ0) is 13.3. The molecule has 0 aromatic heterocycles. The van der Waals surface area contributed by atoms with E-state index in [-0.39, 0.29) is 24.7 Å². The Bertz CT molecular complexity index is 277. The highest BCUT2D eigenvalue weighted by Gasteiger charge is 2.14. The first-order valence-corrected chi connectivity index (χ1v) is 6.05. The van der Waals surface area contributed by atoms with Gasteiger partial charge < -0.3 is 11.1 Å². The number of hydrogen-bond donors (Lipinski definition) is 2. The molecule has 0 aliphatic heterocycles. The fourth-order valence-corrected chi connectivity index (χ4v) is 1.44. The summed E-state index contributed by atoms with van der Waals surface area (Å²) >= 11 is 0. The summed E-state index contributed by atoms with van der Waals surface area (Å²) in [6, 6.07) is 0. The van der Waals surface area contributed by atoms with Crippen molar-refractivity contribution >= 4 is 17.6 Å². The van der Waals surface area contributed by atoms with Gasteiger partial charge in [0.15, 0.2) is 5.78 Å². The summed E-state index contributed by atoms with van der Waals surface area (Å²) in [5.74, 6) is -1.23. The lowest BCUT2D eigenvalue weighted by Gasteiger charge is -2.10. The normalized spacial score (nSPS) is 11.9. The molecule has 0 radical (unpaired) electrons. The summed E-state index contributed by atoms with van der Waals surface area (Å²) in [5, 5.41) is 2.40. The third kappa shape index (κ3) is 8.42. The lowest BCUT2D eigenvalue weighted by molar-refractivity contribution is -0.130. The van der Waals surface area contributed by atoms with Gasteiger partial charge in [-0.25, -0.2) is 0 Å². The molecule has 17 heavy (non-hydrogen) atoms. The molecule has 3 N–H and O–H groups in total. The van der Waals surface area contributed by atoms with Gasteiger partial charge in [-0.2, -0.15) is 0 Å². The Morgan fingerprint density at radius 3 is 2.41 bits per heavy atom. The van der Waals surface area contributed by atoms with Crippen LogP contribution in [0.4, 0.5) is 0 Å². The zero-order valence-corrected chi connectivity index (χ0v) is 10.6. The van der Waals surface area contributed by atoms with Crippen molar-refractivity contribution in [2.75, 3.05) is 6.54 Å². The molecule has 0 aliphatic rings. The first-order chi connectivity index (χ1) is 7.97. The van der Waals surface area contributed by atoms with Gasteiger partial charge in [0.1, 0.15) is 6.42 Å². The zero-order valence-electron chi connectivity index (χ0n) is 10.6. The number of nitrogens with one attached hydrogen (secondary N) is 1. The molecule has 0 fully saturated rings. The van der Waals surface area contributed by atoms with Crippen molar-refractivity contribution in [2.24, 2.45) is 11.7 Å². The Balaban J connectivity index is 3.77. The van der Waals surface area contributed by atoms with Gasteiger partial charge in [0.25, 0.3) is 0 Å². The van der Waals surface area contributed by atoms with Crippen LogP contribution in [0.2, 0.25) is 0 Å². The number of rotatable bonds is 9. The number of carbonyl (C=O) groups is 3. The van der Waals surface area contributed by atoms with E-state index in [2.05, 4.69) is 12.2 Å². The van der Waals surface area contributed by atoms with Gasteiger partial charge in [0.05, 0.1) is 6.54 Å². The Labute approximate surface area is 102 Å². The molecule has 0 aromatic rings. The number of Topliss-reactive ketones (excluding diaryl/α,β-unsaturated/α-hetero) is 1. The van der Waals surface area contributed by atoms with Gasteiger partial charge >= 0.3 is 0 Å². The number of ketones is 1. The molecular formula is C12H22N2O3. The van der Waals surface area contributed by atoms with Crippen LogP contribution in [0.15, 0.2) is 0 Å². The lowest BCUT2D eigenvalue weighted by Crippen LogP contribution is -2.34. The van der Waals surface area contributed by atoms with Crippen molar-refractivity contribution in [2.45, 2.75) is 46.0 Å².